The van der Waals surface area contributed by atoms with E-state index in [1.807, 2.05) is 11.7 Å². The second kappa shape index (κ2) is 5.85. The first-order chi connectivity index (χ1) is 8.61. The molecule has 1 saturated heterocycles. The first-order valence-electron chi connectivity index (χ1n) is 6.95. The van der Waals surface area contributed by atoms with Crippen molar-refractivity contribution in [3.8, 4) is 0 Å². The first kappa shape index (κ1) is 13.6. The maximum absolute atomic E-state index is 5.70. The lowest BCUT2D eigenvalue weighted by molar-refractivity contribution is -0.000330. The minimum atomic E-state index is 0.437. The Hall–Kier alpha value is -0.870. The summed E-state index contributed by atoms with van der Waals surface area (Å²) in [6, 6.07) is 0.586. The van der Waals surface area contributed by atoms with Gasteiger partial charge in [0, 0.05) is 37.5 Å². The van der Waals surface area contributed by atoms with Gasteiger partial charge in [0.25, 0.3) is 0 Å². The van der Waals surface area contributed by atoms with E-state index in [0.29, 0.717) is 12.1 Å². The molecule has 1 aromatic rings. The Morgan fingerprint density at radius 1 is 1.44 bits per heavy atom. The van der Waals surface area contributed by atoms with Gasteiger partial charge >= 0.3 is 0 Å². The Balaban J connectivity index is 1.91. The van der Waals surface area contributed by atoms with Crippen molar-refractivity contribution in [2.75, 3.05) is 6.61 Å². The van der Waals surface area contributed by atoms with Crippen molar-refractivity contribution in [2.24, 2.45) is 7.05 Å². The molecule has 2 heterocycles. The van der Waals surface area contributed by atoms with E-state index in [-0.39, 0.29) is 0 Å². The van der Waals surface area contributed by atoms with Gasteiger partial charge in [0.15, 0.2) is 0 Å². The van der Waals surface area contributed by atoms with Crippen molar-refractivity contribution >= 4 is 0 Å². The Bertz CT molecular complexity index is 400. The van der Waals surface area contributed by atoms with Crippen LogP contribution in [0.1, 0.15) is 43.1 Å². The van der Waals surface area contributed by atoms with Gasteiger partial charge in [-0.25, -0.2) is 0 Å². The van der Waals surface area contributed by atoms with E-state index in [9.17, 15) is 0 Å². The molecule has 2 unspecified atom stereocenters. The van der Waals surface area contributed by atoms with Gasteiger partial charge < -0.3 is 10.1 Å². The topological polar surface area (TPSA) is 39.1 Å². The summed E-state index contributed by atoms with van der Waals surface area (Å²) in [5, 5.41) is 8.12. The van der Waals surface area contributed by atoms with Gasteiger partial charge in [0.2, 0.25) is 0 Å². The minimum Gasteiger partial charge on any atom is -0.378 e. The number of ether oxygens (including phenoxy) is 1. The molecule has 0 bridgehead atoms. The molecule has 102 valence electrons. The molecule has 0 aromatic carbocycles. The third kappa shape index (κ3) is 2.93. The van der Waals surface area contributed by atoms with Crippen LogP contribution in [-0.4, -0.2) is 28.5 Å². The molecular formula is C14H25N3O. The van der Waals surface area contributed by atoms with Crippen molar-refractivity contribution in [3.05, 3.63) is 17.0 Å². The lowest BCUT2D eigenvalue weighted by Crippen LogP contribution is -2.38. The van der Waals surface area contributed by atoms with Crippen LogP contribution >= 0.6 is 0 Å². The predicted octanol–water partition coefficient (Wildman–Crippen LogP) is 2.08. The average molecular weight is 251 g/mol. The van der Waals surface area contributed by atoms with Gasteiger partial charge in [-0.2, -0.15) is 5.10 Å². The van der Waals surface area contributed by atoms with Crippen LogP contribution in [0.4, 0.5) is 0 Å². The second-order valence-electron chi connectivity index (χ2n) is 5.28. The summed E-state index contributed by atoms with van der Waals surface area (Å²) in [5.74, 6) is 0. The number of nitrogens with zero attached hydrogens (tertiary/aromatic N) is 2. The largest absolute Gasteiger partial charge is 0.378 e. The van der Waals surface area contributed by atoms with Gasteiger partial charge in [0.1, 0.15) is 0 Å². The van der Waals surface area contributed by atoms with Gasteiger partial charge in [0.05, 0.1) is 11.8 Å². The molecule has 1 N–H and O–H groups in total. The quantitative estimate of drug-likeness (QED) is 0.890. The Morgan fingerprint density at radius 3 is 2.83 bits per heavy atom. The van der Waals surface area contributed by atoms with Crippen LogP contribution in [0.15, 0.2) is 0 Å². The first-order valence-corrected chi connectivity index (χ1v) is 6.95. The molecule has 18 heavy (non-hydrogen) atoms. The fourth-order valence-corrected chi connectivity index (χ4v) is 2.67. The maximum atomic E-state index is 5.70. The molecule has 0 spiro atoms. The smallest absolute Gasteiger partial charge is 0.0641 e. The summed E-state index contributed by atoms with van der Waals surface area (Å²) in [6.07, 6.45) is 3.81. The highest BCUT2D eigenvalue weighted by atomic mass is 16.5. The van der Waals surface area contributed by atoms with Crippen LogP contribution in [0.3, 0.4) is 0 Å². The zero-order chi connectivity index (χ0) is 13.1. The molecule has 2 rings (SSSR count). The number of hydrogen-bond donors (Lipinski definition) is 1. The Morgan fingerprint density at radius 2 is 2.22 bits per heavy atom. The number of aryl methyl sites for hydroxylation is 2. The lowest BCUT2D eigenvalue weighted by Gasteiger charge is -2.29. The molecule has 1 aliphatic heterocycles. The molecule has 0 saturated carbocycles. The third-order valence-electron chi connectivity index (χ3n) is 4.05. The third-order valence-corrected chi connectivity index (χ3v) is 4.05. The molecule has 0 aliphatic carbocycles. The van der Waals surface area contributed by atoms with Crippen molar-refractivity contribution in [2.45, 2.75) is 58.7 Å². The van der Waals surface area contributed by atoms with E-state index in [1.54, 1.807) is 0 Å². The van der Waals surface area contributed by atoms with Crippen LogP contribution in [0.25, 0.3) is 0 Å². The minimum absolute atomic E-state index is 0.437. The summed E-state index contributed by atoms with van der Waals surface area (Å²) in [4.78, 5) is 0. The lowest BCUT2D eigenvalue weighted by atomic mass is 10.0. The Kier molecular flexibility index (Phi) is 4.40. The van der Waals surface area contributed by atoms with Crippen LogP contribution < -0.4 is 5.32 Å². The van der Waals surface area contributed by atoms with Gasteiger partial charge in [-0.05, 0) is 33.1 Å². The van der Waals surface area contributed by atoms with Crippen molar-refractivity contribution in [3.63, 3.8) is 0 Å². The van der Waals surface area contributed by atoms with Crippen LogP contribution in [0, 0.1) is 13.8 Å². The van der Waals surface area contributed by atoms with E-state index >= 15 is 0 Å². The van der Waals surface area contributed by atoms with Crippen LogP contribution in [0.2, 0.25) is 0 Å². The maximum Gasteiger partial charge on any atom is 0.0641 e. The highest BCUT2D eigenvalue weighted by Gasteiger charge is 2.21. The average Bonchev–Trinajstić information content (AvgIpc) is 2.61. The van der Waals surface area contributed by atoms with Crippen molar-refractivity contribution in [1.29, 1.82) is 0 Å². The van der Waals surface area contributed by atoms with E-state index in [2.05, 4.69) is 31.2 Å². The second-order valence-corrected chi connectivity index (χ2v) is 5.28. The normalized spacial score (nSPS) is 24.4. The fraction of sp³-hybridized carbons (Fsp3) is 0.786. The predicted molar refractivity (Wildman–Crippen MR) is 72.6 cm³/mol. The zero-order valence-electron chi connectivity index (χ0n) is 12.0. The molecule has 2 atom stereocenters. The number of hydrogen-bond acceptors (Lipinski definition) is 3. The standard InChI is InChI=1S/C14H25N3O/c1-5-13-8-12(6-7-18-13)15-9-14-10(2)16-17(4)11(14)3/h12-13,15H,5-9H2,1-4H3. The molecule has 4 heteroatoms. The van der Waals surface area contributed by atoms with E-state index in [0.717, 1.165) is 38.1 Å². The summed E-state index contributed by atoms with van der Waals surface area (Å²) in [5.41, 5.74) is 3.75. The van der Waals surface area contributed by atoms with Gasteiger partial charge in [-0.3, -0.25) is 4.68 Å². The SMILES string of the molecule is CCC1CC(NCc2c(C)nn(C)c2C)CCO1. The van der Waals surface area contributed by atoms with Crippen molar-refractivity contribution in [1.82, 2.24) is 15.1 Å². The van der Waals surface area contributed by atoms with Crippen LogP contribution in [0.5, 0.6) is 0 Å². The van der Waals surface area contributed by atoms with E-state index < -0.39 is 0 Å². The van der Waals surface area contributed by atoms with Gasteiger partial charge in [-0.15, -0.1) is 0 Å². The highest BCUT2D eigenvalue weighted by molar-refractivity contribution is 5.24. The van der Waals surface area contributed by atoms with E-state index in [4.69, 9.17) is 4.74 Å². The van der Waals surface area contributed by atoms with Crippen LogP contribution in [-0.2, 0) is 18.3 Å². The number of rotatable bonds is 4. The van der Waals surface area contributed by atoms with E-state index in [1.165, 1.54) is 11.3 Å². The highest BCUT2D eigenvalue weighted by Crippen LogP contribution is 2.18. The summed E-state index contributed by atoms with van der Waals surface area (Å²) in [7, 11) is 2.01. The molecule has 0 amide bonds. The van der Waals surface area contributed by atoms with Crippen molar-refractivity contribution < 1.29 is 4.74 Å². The molecule has 1 fully saturated rings. The fourth-order valence-electron chi connectivity index (χ4n) is 2.67. The number of nitrogens with one attached hydrogen (secondary N) is 1. The summed E-state index contributed by atoms with van der Waals surface area (Å²) >= 11 is 0. The molecule has 0 radical (unpaired) electrons. The molecule has 1 aliphatic rings. The molecule has 1 aromatic heterocycles. The summed E-state index contributed by atoms with van der Waals surface area (Å²) in [6.45, 7) is 8.23. The monoisotopic (exact) mass is 251 g/mol. The van der Waals surface area contributed by atoms with Gasteiger partial charge in [-0.1, -0.05) is 6.92 Å². The summed E-state index contributed by atoms with van der Waals surface area (Å²) < 4.78 is 7.67. The molecular weight excluding hydrogens is 226 g/mol. The molecule has 4 nitrogen and oxygen atoms in total. The zero-order valence-corrected chi connectivity index (χ0v) is 12.0. The number of aromatic nitrogens is 2. The Labute approximate surface area is 110 Å².